The highest BCUT2D eigenvalue weighted by atomic mass is 32.2. The van der Waals surface area contributed by atoms with Crippen molar-refractivity contribution in [2.24, 2.45) is 0 Å². The third-order valence-corrected chi connectivity index (χ3v) is 7.27. The van der Waals surface area contributed by atoms with Crippen LogP contribution in [0, 0.1) is 0 Å². The quantitative estimate of drug-likeness (QED) is 0.317. The minimum absolute atomic E-state index is 0.0121. The van der Waals surface area contributed by atoms with Gasteiger partial charge in [0, 0.05) is 22.3 Å². The first kappa shape index (κ1) is 26.9. The van der Waals surface area contributed by atoms with E-state index in [1.807, 2.05) is 42.5 Å². The van der Waals surface area contributed by atoms with E-state index in [9.17, 15) is 18.0 Å². The Morgan fingerprint density at radius 2 is 1.39 bits per heavy atom. The van der Waals surface area contributed by atoms with Crippen LogP contribution in [0.15, 0.2) is 91.0 Å². The van der Waals surface area contributed by atoms with Crippen molar-refractivity contribution in [1.82, 2.24) is 0 Å². The molecule has 0 bridgehead atoms. The number of fused-ring (bicyclic) bond motifs is 1. The SMILES string of the molecule is CC(C)(C)c1ccc(C(=O)Nc2cccc(NC(=O)CN(c3cccc4ccccc34)S(C)(=O)=O)c2)cc1. The number of rotatable bonds is 7. The summed E-state index contributed by atoms with van der Waals surface area (Å²) in [5.74, 6) is -0.780. The number of hydrogen-bond acceptors (Lipinski definition) is 4. The normalized spacial score (nSPS) is 11.7. The van der Waals surface area contributed by atoms with Crippen LogP contribution in [0.2, 0.25) is 0 Å². The zero-order valence-corrected chi connectivity index (χ0v) is 22.7. The fourth-order valence-electron chi connectivity index (χ4n) is 4.14. The highest BCUT2D eigenvalue weighted by molar-refractivity contribution is 7.92. The Bertz CT molecular complexity index is 1580. The van der Waals surface area contributed by atoms with Crippen LogP contribution in [0.1, 0.15) is 36.7 Å². The van der Waals surface area contributed by atoms with Crippen molar-refractivity contribution in [3.63, 3.8) is 0 Å². The van der Waals surface area contributed by atoms with E-state index >= 15 is 0 Å². The van der Waals surface area contributed by atoms with Crippen molar-refractivity contribution in [2.75, 3.05) is 27.7 Å². The second kappa shape index (κ2) is 10.7. The van der Waals surface area contributed by atoms with Crippen LogP contribution >= 0.6 is 0 Å². The van der Waals surface area contributed by atoms with E-state index in [2.05, 4.69) is 31.4 Å². The molecule has 0 aliphatic carbocycles. The highest BCUT2D eigenvalue weighted by Crippen LogP contribution is 2.28. The summed E-state index contributed by atoms with van der Waals surface area (Å²) in [6.07, 6.45) is 1.08. The van der Waals surface area contributed by atoms with Gasteiger partial charge in [-0.15, -0.1) is 0 Å². The van der Waals surface area contributed by atoms with Crippen LogP contribution in [0.5, 0.6) is 0 Å². The van der Waals surface area contributed by atoms with Gasteiger partial charge in [0.1, 0.15) is 6.54 Å². The molecule has 0 saturated carbocycles. The number of hydrogen-bond donors (Lipinski definition) is 2. The molecule has 2 N–H and O–H groups in total. The van der Waals surface area contributed by atoms with Gasteiger partial charge >= 0.3 is 0 Å². The minimum atomic E-state index is -3.75. The predicted octanol–water partition coefficient (Wildman–Crippen LogP) is 5.79. The second-order valence-electron chi connectivity index (χ2n) is 10.2. The molecule has 0 spiro atoms. The maximum absolute atomic E-state index is 12.9. The van der Waals surface area contributed by atoms with E-state index in [-0.39, 0.29) is 11.3 Å². The molecule has 0 unspecified atom stereocenters. The van der Waals surface area contributed by atoms with Crippen molar-refractivity contribution >= 4 is 49.7 Å². The Hall–Kier alpha value is -4.17. The lowest BCUT2D eigenvalue weighted by Gasteiger charge is -2.23. The molecule has 0 heterocycles. The maximum atomic E-state index is 12.9. The third-order valence-electron chi connectivity index (χ3n) is 6.14. The van der Waals surface area contributed by atoms with E-state index in [1.165, 1.54) is 0 Å². The van der Waals surface area contributed by atoms with Crippen LogP contribution in [0.4, 0.5) is 17.1 Å². The van der Waals surface area contributed by atoms with Gasteiger partial charge in [0.05, 0.1) is 11.9 Å². The van der Waals surface area contributed by atoms with Crippen molar-refractivity contribution in [3.8, 4) is 0 Å². The number of carbonyl (C=O) groups is 2. The molecule has 0 saturated heterocycles. The van der Waals surface area contributed by atoms with Crippen LogP contribution in [-0.2, 0) is 20.2 Å². The second-order valence-corrected chi connectivity index (χ2v) is 12.1. The molecule has 0 atom stereocenters. The van der Waals surface area contributed by atoms with Crippen LogP contribution in [0.25, 0.3) is 10.8 Å². The Morgan fingerprint density at radius 1 is 0.789 bits per heavy atom. The van der Waals surface area contributed by atoms with E-state index < -0.39 is 22.5 Å². The number of benzene rings is 4. The molecular formula is C30H31N3O4S. The highest BCUT2D eigenvalue weighted by Gasteiger charge is 2.23. The molecule has 0 aromatic heterocycles. The first-order valence-corrected chi connectivity index (χ1v) is 14.0. The molecule has 0 fully saturated rings. The first-order valence-electron chi connectivity index (χ1n) is 12.2. The summed E-state index contributed by atoms with van der Waals surface area (Å²) in [4.78, 5) is 25.7. The van der Waals surface area contributed by atoms with Gasteiger partial charge in [-0.3, -0.25) is 13.9 Å². The summed E-state index contributed by atoms with van der Waals surface area (Å²) in [7, 11) is -3.75. The van der Waals surface area contributed by atoms with E-state index in [1.54, 1.807) is 48.5 Å². The standard InChI is InChI=1S/C30H31N3O4S/c1-30(2,3)23-17-15-22(16-18-23)29(35)32-25-12-8-11-24(19-25)31-28(34)20-33(38(4,36)37)27-14-7-10-21-9-5-6-13-26(21)27/h5-19H,20H2,1-4H3,(H,31,34)(H,32,35). The Labute approximate surface area is 223 Å². The van der Waals surface area contributed by atoms with Gasteiger partial charge in [0.15, 0.2) is 0 Å². The topological polar surface area (TPSA) is 95.6 Å². The number of nitrogens with one attached hydrogen (secondary N) is 2. The minimum Gasteiger partial charge on any atom is -0.324 e. The fourth-order valence-corrected chi connectivity index (χ4v) is 5.01. The molecule has 7 nitrogen and oxygen atoms in total. The first-order chi connectivity index (χ1) is 17.9. The van der Waals surface area contributed by atoms with Crippen molar-refractivity contribution in [3.05, 3.63) is 102 Å². The third kappa shape index (κ3) is 6.39. The van der Waals surface area contributed by atoms with Gasteiger partial charge in [-0.25, -0.2) is 8.42 Å². The van der Waals surface area contributed by atoms with Crippen LogP contribution < -0.4 is 14.9 Å². The molecule has 0 aliphatic rings. The number of carbonyl (C=O) groups excluding carboxylic acids is 2. The molecule has 4 rings (SSSR count). The summed E-state index contributed by atoms with van der Waals surface area (Å²) in [5.41, 5.74) is 3.00. The lowest BCUT2D eigenvalue weighted by atomic mass is 9.87. The molecule has 4 aromatic rings. The molecule has 196 valence electrons. The van der Waals surface area contributed by atoms with Crippen molar-refractivity contribution in [2.45, 2.75) is 26.2 Å². The average Bonchev–Trinajstić information content (AvgIpc) is 2.86. The van der Waals surface area contributed by atoms with Gasteiger partial charge in [-0.05, 0) is 52.8 Å². The van der Waals surface area contributed by atoms with Gasteiger partial charge in [0.2, 0.25) is 15.9 Å². The molecule has 0 aliphatic heterocycles. The average molecular weight is 530 g/mol. The van der Waals surface area contributed by atoms with Crippen LogP contribution in [0.3, 0.4) is 0 Å². The smallest absolute Gasteiger partial charge is 0.255 e. The number of sulfonamides is 1. The molecule has 8 heteroatoms. The van der Waals surface area contributed by atoms with Crippen LogP contribution in [-0.4, -0.2) is 33.0 Å². The van der Waals surface area contributed by atoms with Gasteiger partial charge in [0.25, 0.3) is 5.91 Å². The maximum Gasteiger partial charge on any atom is 0.255 e. The van der Waals surface area contributed by atoms with Gasteiger partial charge < -0.3 is 10.6 Å². The number of amides is 2. The molecule has 4 aromatic carbocycles. The van der Waals surface area contributed by atoms with Gasteiger partial charge in [-0.1, -0.05) is 75.4 Å². The number of anilines is 3. The molecule has 38 heavy (non-hydrogen) atoms. The lowest BCUT2D eigenvalue weighted by molar-refractivity contribution is -0.114. The molecule has 0 radical (unpaired) electrons. The number of nitrogens with zero attached hydrogens (tertiary/aromatic N) is 1. The summed E-state index contributed by atoms with van der Waals surface area (Å²) in [6.45, 7) is 5.93. The van der Waals surface area contributed by atoms with Crippen molar-refractivity contribution < 1.29 is 18.0 Å². The summed E-state index contributed by atoms with van der Waals surface area (Å²) >= 11 is 0. The summed E-state index contributed by atoms with van der Waals surface area (Å²) in [5, 5.41) is 7.19. The van der Waals surface area contributed by atoms with E-state index in [4.69, 9.17) is 0 Å². The van der Waals surface area contributed by atoms with E-state index in [0.29, 0.717) is 22.6 Å². The van der Waals surface area contributed by atoms with Crippen molar-refractivity contribution in [1.29, 1.82) is 0 Å². The molecular weight excluding hydrogens is 498 g/mol. The monoisotopic (exact) mass is 529 g/mol. The fraction of sp³-hybridized carbons (Fsp3) is 0.200. The summed E-state index contributed by atoms with van der Waals surface area (Å²) in [6, 6.07) is 26.9. The largest absolute Gasteiger partial charge is 0.324 e. The van der Waals surface area contributed by atoms with E-state index in [0.717, 1.165) is 26.9 Å². The predicted molar refractivity (Wildman–Crippen MR) is 154 cm³/mol. The lowest BCUT2D eigenvalue weighted by Crippen LogP contribution is -2.37. The zero-order chi connectivity index (χ0) is 27.5. The Kier molecular flexibility index (Phi) is 7.55. The Morgan fingerprint density at radius 3 is 2.05 bits per heavy atom. The van der Waals surface area contributed by atoms with Gasteiger partial charge in [-0.2, -0.15) is 0 Å². The Balaban J connectivity index is 1.48. The summed E-state index contributed by atoms with van der Waals surface area (Å²) < 4.78 is 26.4. The zero-order valence-electron chi connectivity index (χ0n) is 21.9. The molecule has 2 amide bonds.